The summed E-state index contributed by atoms with van der Waals surface area (Å²) in [5.41, 5.74) is 2.91. The predicted molar refractivity (Wildman–Crippen MR) is 109 cm³/mol. The molecule has 1 atom stereocenters. The Labute approximate surface area is 166 Å². The number of anilines is 1. The Balaban J connectivity index is 1.53. The summed E-state index contributed by atoms with van der Waals surface area (Å²) in [6.45, 7) is 3.95. The van der Waals surface area contributed by atoms with Crippen molar-refractivity contribution in [2.45, 2.75) is 12.5 Å². The van der Waals surface area contributed by atoms with Gasteiger partial charge in [-0.25, -0.2) is 4.79 Å². The van der Waals surface area contributed by atoms with Crippen LogP contribution >= 0.6 is 0 Å². The fourth-order valence-corrected chi connectivity index (χ4v) is 3.40. The van der Waals surface area contributed by atoms with Crippen LogP contribution in [-0.4, -0.2) is 59.1 Å². The van der Waals surface area contributed by atoms with E-state index in [9.17, 15) is 4.79 Å². The largest absolute Gasteiger partial charge is 0.497 e. The zero-order chi connectivity index (χ0) is 19.8. The highest BCUT2D eigenvalue weighted by Gasteiger charge is 2.23. The summed E-state index contributed by atoms with van der Waals surface area (Å²) in [6.07, 6.45) is 0.943. The van der Waals surface area contributed by atoms with Gasteiger partial charge in [0.25, 0.3) is 0 Å². The number of morpholine rings is 1. The van der Waals surface area contributed by atoms with E-state index in [4.69, 9.17) is 14.2 Å². The lowest BCUT2D eigenvalue weighted by atomic mass is 10.1. The molecule has 0 saturated carbocycles. The van der Waals surface area contributed by atoms with Crippen molar-refractivity contribution in [3.8, 4) is 5.75 Å². The molecule has 0 unspecified atom stereocenters. The fraction of sp³-hybridized carbons (Fsp3) is 0.409. The molecule has 1 heterocycles. The number of rotatable bonds is 8. The predicted octanol–water partition coefficient (Wildman–Crippen LogP) is 2.52. The molecule has 0 radical (unpaired) electrons. The standard InChI is InChI=1S/C22H28N2O4/c1-26-21-5-3-4-17(14-21)10-11-23-15-20-16-28-13-12-24(20)19-8-6-18(7-9-19)22(25)27-2/h3-9,14,20,23H,10-13,15-16H2,1-2H3/t20-/m1/s1. The van der Waals surface area contributed by atoms with Crippen LogP contribution in [0.25, 0.3) is 0 Å². The van der Waals surface area contributed by atoms with Crippen LogP contribution < -0.4 is 15.0 Å². The average Bonchev–Trinajstić information content (AvgIpc) is 2.76. The summed E-state index contributed by atoms with van der Waals surface area (Å²) in [5.74, 6) is 0.573. The van der Waals surface area contributed by atoms with E-state index < -0.39 is 0 Å². The summed E-state index contributed by atoms with van der Waals surface area (Å²) >= 11 is 0. The van der Waals surface area contributed by atoms with Gasteiger partial charge in [0, 0.05) is 18.8 Å². The van der Waals surface area contributed by atoms with Gasteiger partial charge in [0.15, 0.2) is 0 Å². The molecule has 1 N–H and O–H groups in total. The van der Waals surface area contributed by atoms with Gasteiger partial charge in [0.2, 0.25) is 0 Å². The monoisotopic (exact) mass is 384 g/mol. The minimum Gasteiger partial charge on any atom is -0.497 e. The van der Waals surface area contributed by atoms with Crippen molar-refractivity contribution in [2.24, 2.45) is 0 Å². The van der Waals surface area contributed by atoms with E-state index >= 15 is 0 Å². The second-order valence-electron chi connectivity index (χ2n) is 6.77. The summed E-state index contributed by atoms with van der Waals surface area (Å²) in [7, 11) is 3.08. The van der Waals surface area contributed by atoms with Crippen LogP contribution in [0.4, 0.5) is 5.69 Å². The van der Waals surface area contributed by atoms with Crippen LogP contribution in [0.3, 0.4) is 0 Å². The van der Waals surface area contributed by atoms with E-state index in [1.54, 1.807) is 7.11 Å². The summed E-state index contributed by atoms with van der Waals surface area (Å²) < 4.78 is 15.7. The first-order valence-electron chi connectivity index (χ1n) is 9.57. The molecule has 6 nitrogen and oxygen atoms in total. The molecule has 28 heavy (non-hydrogen) atoms. The number of benzene rings is 2. The number of hydrogen-bond acceptors (Lipinski definition) is 6. The third-order valence-electron chi connectivity index (χ3n) is 4.95. The van der Waals surface area contributed by atoms with E-state index in [2.05, 4.69) is 22.3 Å². The maximum atomic E-state index is 11.6. The molecule has 3 rings (SSSR count). The van der Waals surface area contributed by atoms with Crippen LogP contribution in [0.15, 0.2) is 48.5 Å². The molecule has 1 saturated heterocycles. The van der Waals surface area contributed by atoms with Crippen LogP contribution in [0.5, 0.6) is 5.75 Å². The molecule has 6 heteroatoms. The number of methoxy groups -OCH3 is 2. The van der Waals surface area contributed by atoms with Crippen molar-refractivity contribution < 1.29 is 19.0 Å². The highest BCUT2D eigenvalue weighted by atomic mass is 16.5. The topological polar surface area (TPSA) is 60.0 Å². The summed E-state index contributed by atoms with van der Waals surface area (Å²) in [6, 6.07) is 16.0. The second-order valence-corrected chi connectivity index (χ2v) is 6.77. The molecule has 0 spiro atoms. The first-order valence-corrected chi connectivity index (χ1v) is 9.57. The first-order chi connectivity index (χ1) is 13.7. The molecule has 0 aromatic heterocycles. The van der Waals surface area contributed by atoms with E-state index in [0.29, 0.717) is 18.8 Å². The highest BCUT2D eigenvalue weighted by Crippen LogP contribution is 2.20. The quantitative estimate of drug-likeness (QED) is 0.558. The van der Waals surface area contributed by atoms with Crippen LogP contribution in [0.1, 0.15) is 15.9 Å². The number of carbonyl (C=O) groups is 1. The number of carbonyl (C=O) groups excluding carboxylic acids is 1. The van der Waals surface area contributed by atoms with Crippen molar-refractivity contribution in [2.75, 3.05) is 52.0 Å². The Hall–Kier alpha value is -2.57. The zero-order valence-corrected chi connectivity index (χ0v) is 16.5. The van der Waals surface area contributed by atoms with Crippen molar-refractivity contribution in [1.29, 1.82) is 0 Å². The molecule has 0 amide bonds. The van der Waals surface area contributed by atoms with Crippen LogP contribution in [0.2, 0.25) is 0 Å². The lowest BCUT2D eigenvalue weighted by Gasteiger charge is -2.37. The maximum Gasteiger partial charge on any atom is 0.337 e. The number of ether oxygens (including phenoxy) is 3. The first kappa shape index (κ1) is 20.2. The van der Waals surface area contributed by atoms with Crippen molar-refractivity contribution in [1.82, 2.24) is 5.32 Å². The smallest absolute Gasteiger partial charge is 0.337 e. The molecule has 1 fully saturated rings. The van der Waals surface area contributed by atoms with E-state index in [1.165, 1.54) is 12.7 Å². The molecular weight excluding hydrogens is 356 g/mol. The molecule has 2 aromatic carbocycles. The van der Waals surface area contributed by atoms with Gasteiger partial charge >= 0.3 is 5.97 Å². The van der Waals surface area contributed by atoms with Gasteiger partial charge in [-0.3, -0.25) is 0 Å². The lowest BCUT2D eigenvalue weighted by molar-refractivity contribution is 0.0600. The minimum absolute atomic E-state index is 0.253. The van der Waals surface area contributed by atoms with E-state index in [0.717, 1.165) is 37.5 Å². The summed E-state index contributed by atoms with van der Waals surface area (Å²) in [5, 5.41) is 3.54. The van der Waals surface area contributed by atoms with Gasteiger partial charge in [0.1, 0.15) is 5.75 Å². The SMILES string of the molecule is COC(=O)c1ccc(N2CCOC[C@H]2CNCCc2cccc(OC)c2)cc1. The highest BCUT2D eigenvalue weighted by molar-refractivity contribution is 5.89. The van der Waals surface area contributed by atoms with Crippen LogP contribution in [0, 0.1) is 0 Å². The van der Waals surface area contributed by atoms with Gasteiger partial charge in [0.05, 0.1) is 39.0 Å². The van der Waals surface area contributed by atoms with Gasteiger partial charge < -0.3 is 24.4 Å². The molecule has 0 bridgehead atoms. The lowest BCUT2D eigenvalue weighted by Crippen LogP contribution is -2.50. The second kappa shape index (κ2) is 10.1. The third-order valence-corrected chi connectivity index (χ3v) is 4.95. The average molecular weight is 384 g/mol. The zero-order valence-electron chi connectivity index (χ0n) is 16.5. The van der Waals surface area contributed by atoms with Crippen LogP contribution in [-0.2, 0) is 15.9 Å². The Morgan fingerprint density at radius 1 is 1.21 bits per heavy atom. The van der Waals surface area contributed by atoms with E-state index in [-0.39, 0.29) is 12.0 Å². The maximum absolute atomic E-state index is 11.6. The van der Waals surface area contributed by atoms with Crippen molar-refractivity contribution >= 4 is 11.7 Å². The number of hydrogen-bond donors (Lipinski definition) is 1. The molecule has 1 aliphatic rings. The molecule has 1 aliphatic heterocycles. The molecule has 0 aliphatic carbocycles. The molecular formula is C22H28N2O4. The third kappa shape index (κ3) is 5.24. The minimum atomic E-state index is -0.315. The fourth-order valence-electron chi connectivity index (χ4n) is 3.40. The number of nitrogens with one attached hydrogen (secondary N) is 1. The van der Waals surface area contributed by atoms with Gasteiger partial charge in [-0.1, -0.05) is 12.1 Å². The Bertz CT molecular complexity index is 763. The Morgan fingerprint density at radius 2 is 2.04 bits per heavy atom. The Kier molecular flexibility index (Phi) is 7.28. The normalized spacial score (nSPS) is 16.6. The van der Waals surface area contributed by atoms with Gasteiger partial charge in [-0.2, -0.15) is 0 Å². The number of esters is 1. The van der Waals surface area contributed by atoms with Gasteiger partial charge in [-0.05, 0) is 54.9 Å². The summed E-state index contributed by atoms with van der Waals surface area (Å²) in [4.78, 5) is 14.0. The molecule has 2 aromatic rings. The van der Waals surface area contributed by atoms with Crippen molar-refractivity contribution in [3.05, 3.63) is 59.7 Å². The van der Waals surface area contributed by atoms with Gasteiger partial charge in [-0.15, -0.1) is 0 Å². The number of nitrogens with zero attached hydrogens (tertiary/aromatic N) is 1. The Morgan fingerprint density at radius 3 is 2.79 bits per heavy atom. The van der Waals surface area contributed by atoms with E-state index in [1.807, 2.05) is 36.4 Å². The van der Waals surface area contributed by atoms with Crippen molar-refractivity contribution in [3.63, 3.8) is 0 Å². The molecule has 150 valence electrons.